The van der Waals surface area contributed by atoms with Gasteiger partial charge in [-0.15, -0.1) is 0 Å². The van der Waals surface area contributed by atoms with Crippen LogP contribution in [0, 0.1) is 18.3 Å². The van der Waals surface area contributed by atoms with Gasteiger partial charge in [-0.25, -0.2) is 14.1 Å². The highest BCUT2D eigenvalue weighted by Gasteiger charge is 2.58. The highest BCUT2D eigenvalue weighted by Crippen LogP contribution is 2.47. The van der Waals surface area contributed by atoms with Gasteiger partial charge in [0.2, 0.25) is 5.60 Å². The topological polar surface area (TPSA) is 204 Å². The second-order valence-corrected chi connectivity index (χ2v) is 14.3. The largest absolute Gasteiger partial charge is 0.466 e. The molecule has 0 bridgehead atoms. The number of unbranched alkanes of at least 4 members (excludes halogenated alkanes) is 2. The van der Waals surface area contributed by atoms with Crippen LogP contribution in [0.1, 0.15) is 56.0 Å². The Morgan fingerprint density at radius 3 is 2.43 bits per heavy atom. The van der Waals surface area contributed by atoms with E-state index in [4.69, 9.17) is 23.3 Å². The molecular weight excluding hydrogens is 705 g/mol. The van der Waals surface area contributed by atoms with Gasteiger partial charge in [0.25, 0.3) is 0 Å². The smallest absolute Gasteiger partial charge is 0.459 e. The van der Waals surface area contributed by atoms with Crippen LogP contribution in [0.15, 0.2) is 79.1 Å². The van der Waals surface area contributed by atoms with E-state index >= 15 is 0 Å². The van der Waals surface area contributed by atoms with E-state index in [-0.39, 0.29) is 37.0 Å². The van der Waals surface area contributed by atoms with Crippen LogP contribution in [0.5, 0.6) is 5.75 Å². The lowest BCUT2D eigenvalue weighted by Crippen LogP contribution is -2.41. The molecule has 15 nitrogen and oxygen atoms in total. The number of aromatic nitrogens is 3. The Morgan fingerprint density at radius 1 is 1.04 bits per heavy atom. The number of carbonyl (C=O) groups excluding carboxylic acids is 2. The van der Waals surface area contributed by atoms with Crippen LogP contribution in [0.3, 0.4) is 0 Å². The fourth-order valence-electron chi connectivity index (χ4n) is 5.82. The molecule has 1 saturated heterocycles. The summed E-state index contributed by atoms with van der Waals surface area (Å²) >= 11 is 0. The third-order valence-electron chi connectivity index (χ3n) is 8.69. The number of fused-ring (bicyclic) bond motifs is 1. The second kappa shape index (κ2) is 18.4. The number of para-hydroxylation sites is 1. The molecule has 0 amide bonds. The van der Waals surface area contributed by atoms with Crippen LogP contribution in [0.4, 0.5) is 0 Å². The first-order chi connectivity index (χ1) is 25.6. The Kier molecular flexibility index (Phi) is 13.7. The molecule has 1 aliphatic rings. The maximum absolute atomic E-state index is 14.6. The summed E-state index contributed by atoms with van der Waals surface area (Å²) in [5, 5.41) is 39.6. The second-order valence-electron chi connectivity index (χ2n) is 12.6. The first kappa shape index (κ1) is 39.5. The highest BCUT2D eigenvalue weighted by molar-refractivity contribution is 7.52. The standard InChI is InChI=1S/C37H44N5O10P/c1-3-4-17-33(43)48-20-11-12-21-49-36(46)29(22-27-13-7-5-8-14-27)41-53(47,52-28-15-9-6-10-16-28)50-23-31-34(44)35(45)37(24-38,51-31)32-19-18-30-26(2)39-25-40-42(30)32/h5-10,13-16,18-19,25,29,31,34-35,44-45H,3-4,11-12,17,20-23H2,1-2H3,(H,41,47)/t29?,31-,34-,35-,37+,53?/m1/s1. The minimum atomic E-state index is -4.50. The number of aryl methyl sites for hydroxylation is 1. The van der Waals surface area contributed by atoms with Gasteiger partial charge in [-0.05, 0) is 62.4 Å². The van der Waals surface area contributed by atoms with Gasteiger partial charge in [-0.3, -0.25) is 14.1 Å². The maximum atomic E-state index is 14.6. The number of carbonyl (C=O) groups is 2. The monoisotopic (exact) mass is 749 g/mol. The molecule has 4 aromatic rings. The Balaban J connectivity index is 1.32. The summed E-state index contributed by atoms with van der Waals surface area (Å²) in [6.45, 7) is 3.33. The number of nitrogens with one attached hydrogen (secondary N) is 1. The van der Waals surface area contributed by atoms with Gasteiger partial charge >= 0.3 is 19.7 Å². The van der Waals surface area contributed by atoms with E-state index in [1.165, 1.54) is 10.8 Å². The molecule has 5 rings (SSSR count). The lowest BCUT2D eigenvalue weighted by molar-refractivity contribution is -0.147. The van der Waals surface area contributed by atoms with Crippen molar-refractivity contribution in [2.24, 2.45) is 0 Å². The summed E-state index contributed by atoms with van der Waals surface area (Å²) in [7, 11) is -4.50. The van der Waals surface area contributed by atoms with E-state index in [2.05, 4.69) is 15.2 Å². The lowest BCUT2D eigenvalue weighted by atomic mass is 9.92. The molecule has 1 aliphatic heterocycles. The SMILES string of the molecule is CCCCC(=O)OCCCCOC(=O)C(Cc1ccccc1)NP(=O)(OC[C@H]1O[C@@](C#N)(c2ccc3c(C)ncnn23)[C@H](O)[C@@H]1O)Oc1ccccc1. The summed E-state index contributed by atoms with van der Waals surface area (Å²) in [5.74, 6) is -0.850. The van der Waals surface area contributed by atoms with Gasteiger partial charge in [0.15, 0.2) is 0 Å². The summed E-state index contributed by atoms with van der Waals surface area (Å²) < 4.78 is 44.5. The van der Waals surface area contributed by atoms with E-state index in [0.29, 0.717) is 30.5 Å². The van der Waals surface area contributed by atoms with E-state index in [1.54, 1.807) is 73.7 Å². The quantitative estimate of drug-likeness (QED) is 0.0694. The van der Waals surface area contributed by atoms with Gasteiger partial charge in [0.1, 0.15) is 42.5 Å². The Bertz CT molecular complexity index is 1910. The van der Waals surface area contributed by atoms with Crippen molar-refractivity contribution in [1.82, 2.24) is 19.7 Å². The van der Waals surface area contributed by atoms with Crippen LogP contribution in [0.2, 0.25) is 0 Å². The number of benzene rings is 2. The maximum Gasteiger partial charge on any atom is 0.459 e. The fourth-order valence-corrected chi connectivity index (χ4v) is 7.32. The number of hydrogen-bond acceptors (Lipinski definition) is 13. The van der Waals surface area contributed by atoms with E-state index in [1.807, 2.05) is 19.1 Å². The van der Waals surface area contributed by atoms with Crippen molar-refractivity contribution in [2.45, 2.75) is 82.3 Å². The van der Waals surface area contributed by atoms with Gasteiger partial charge < -0.3 is 28.9 Å². The van der Waals surface area contributed by atoms with Crippen LogP contribution in [-0.4, -0.2) is 80.9 Å². The number of hydrogen-bond donors (Lipinski definition) is 3. The normalized spacial score (nSPS) is 21.4. The summed E-state index contributed by atoms with van der Waals surface area (Å²) in [6.07, 6.45) is -0.551. The van der Waals surface area contributed by atoms with Crippen molar-refractivity contribution in [3.8, 4) is 11.8 Å². The molecule has 0 saturated carbocycles. The Morgan fingerprint density at radius 2 is 1.74 bits per heavy atom. The van der Waals surface area contributed by atoms with Gasteiger partial charge in [0, 0.05) is 6.42 Å². The minimum absolute atomic E-state index is 0.0120. The van der Waals surface area contributed by atoms with Crippen LogP contribution in [-0.2, 0) is 44.9 Å². The molecule has 6 atom stereocenters. The van der Waals surface area contributed by atoms with E-state index in [9.17, 15) is 29.6 Å². The molecule has 2 aromatic heterocycles. The molecule has 3 heterocycles. The zero-order valence-electron chi connectivity index (χ0n) is 29.6. The van der Waals surface area contributed by atoms with Crippen LogP contribution >= 0.6 is 7.75 Å². The first-order valence-corrected chi connectivity index (χ1v) is 19.0. The summed E-state index contributed by atoms with van der Waals surface area (Å²) in [5.41, 5.74) is -0.0244. The number of nitrogens with zero attached hydrogens (tertiary/aromatic N) is 4. The fraction of sp³-hybridized carbons (Fsp3) is 0.432. The molecule has 282 valence electrons. The van der Waals surface area contributed by atoms with Crippen molar-refractivity contribution in [3.63, 3.8) is 0 Å². The average Bonchev–Trinajstić information content (AvgIpc) is 3.71. The predicted molar refractivity (Wildman–Crippen MR) is 190 cm³/mol. The number of aliphatic hydroxyl groups is 2. The minimum Gasteiger partial charge on any atom is -0.466 e. The molecular formula is C37H44N5O10P. The Hall–Kier alpha value is -4.68. The van der Waals surface area contributed by atoms with Crippen molar-refractivity contribution in [2.75, 3.05) is 19.8 Å². The van der Waals surface area contributed by atoms with Crippen molar-refractivity contribution >= 4 is 25.2 Å². The molecule has 53 heavy (non-hydrogen) atoms. The van der Waals surface area contributed by atoms with Gasteiger partial charge in [-0.2, -0.15) is 15.4 Å². The predicted octanol–water partition coefficient (Wildman–Crippen LogP) is 4.34. The summed E-state index contributed by atoms with van der Waals surface area (Å²) in [4.78, 5) is 29.5. The molecule has 2 aromatic carbocycles. The van der Waals surface area contributed by atoms with Crippen molar-refractivity contribution in [1.29, 1.82) is 5.26 Å². The number of esters is 2. The molecule has 0 spiro atoms. The van der Waals surface area contributed by atoms with Crippen LogP contribution < -0.4 is 9.61 Å². The van der Waals surface area contributed by atoms with Gasteiger partial charge in [0.05, 0.1) is 36.7 Å². The molecule has 3 N–H and O–H groups in total. The molecule has 0 aliphatic carbocycles. The van der Waals surface area contributed by atoms with Gasteiger partial charge in [-0.1, -0.05) is 61.9 Å². The van der Waals surface area contributed by atoms with Crippen molar-refractivity contribution in [3.05, 3.63) is 96.1 Å². The summed E-state index contributed by atoms with van der Waals surface area (Å²) in [6, 6.07) is 21.1. The molecule has 0 radical (unpaired) electrons. The zero-order valence-corrected chi connectivity index (χ0v) is 30.5. The number of rotatable bonds is 19. The number of nitriles is 1. The number of ether oxygens (including phenoxy) is 3. The lowest BCUT2D eigenvalue weighted by Gasteiger charge is -2.26. The number of aliphatic hydroxyl groups excluding tert-OH is 2. The highest BCUT2D eigenvalue weighted by atomic mass is 31.2. The third kappa shape index (κ3) is 9.85. The van der Waals surface area contributed by atoms with Crippen LogP contribution in [0.25, 0.3) is 5.52 Å². The molecule has 1 fully saturated rings. The molecule has 16 heteroatoms. The zero-order chi connectivity index (χ0) is 37.8. The van der Waals surface area contributed by atoms with Crippen molar-refractivity contribution < 1.29 is 47.6 Å². The third-order valence-corrected chi connectivity index (χ3v) is 10.3. The van der Waals surface area contributed by atoms with E-state index < -0.39 is 50.3 Å². The Labute approximate surface area is 307 Å². The molecule has 2 unspecified atom stereocenters. The average molecular weight is 750 g/mol. The van der Waals surface area contributed by atoms with E-state index in [0.717, 1.165) is 18.4 Å². The first-order valence-electron chi connectivity index (χ1n) is 17.5.